The number of carbonyl (C=O) groups is 3. The number of phenols is 1. The van der Waals surface area contributed by atoms with Gasteiger partial charge >= 0.3 is 0 Å². The van der Waals surface area contributed by atoms with Gasteiger partial charge in [0.1, 0.15) is 12.3 Å². The number of benzene rings is 2. The molecule has 9 heteroatoms. The monoisotopic (exact) mass is 466 g/mol. The van der Waals surface area contributed by atoms with Crippen LogP contribution in [0.15, 0.2) is 51.8 Å². The highest BCUT2D eigenvalue weighted by atomic mass is 79.9. The van der Waals surface area contributed by atoms with Crippen LogP contribution in [0.25, 0.3) is 6.08 Å². The van der Waals surface area contributed by atoms with E-state index in [-0.39, 0.29) is 10.7 Å². The van der Waals surface area contributed by atoms with E-state index in [4.69, 9.17) is 11.6 Å². The van der Waals surface area contributed by atoms with Crippen molar-refractivity contribution in [2.45, 2.75) is 0 Å². The Morgan fingerprint density at radius 3 is 2.70 bits per heavy atom. The lowest BCUT2D eigenvalue weighted by Gasteiger charge is -2.13. The third-order valence-electron chi connectivity index (χ3n) is 3.59. The second kappa shape index (κ2) is 8.16. The lowest BCUT2D eigenvalue weighted by Crippen LogP contribution is -2.36. The Balaban J connectivity index is 1.72. The summed E-state index contributed by atoms with van der Waals surface area (Å²) >= 11 is 9.93. The molecule has 1 aliphatic rings. The topological polar surface area (TPSA) is 86.7 Å². The molecule has 1 fully saturated rings. The Morgan fingerprint density at radius 2 is 2.00 bits per heavy atom. The summed E-state index contributed by atoms with van der Waals surface area (Å²) in [6, 6.07) is 11.4. The minimum absolute atomic E-state index is 0.0662. The fourth-order valence-electron chi connectivity index (χ4n) is 2.30. The second-order valence-electron chi connectivity index (χ2n) is 5.51. The van der Waals surface area contributed by atoms with Gasteiger partial charge in [-0.3, -0.25) is 19.3 Å². The molecule has 3 rings (SSSR count). The number of anilines is 1. The van der Waals surface area contributed by atoms with Crippen LogP contribution in [0.4, 0.5) is 10.5 Å². The van der Waals surface area contributed by atoms with E-state index in [2.05, 4.69) is 21.2 Å². The number of hydrogen-bond donors (Lipinski definition) is 2. The van der Waals surface area contributed by atoms with E-state index in [9.17, 15) is 19.5 Å². The molecule has 0 radical (unpaired) electrons. The van der Waals surface area contributed by atoms with Crippen LogP contribution in [0.3, 0.4) is 0 Å². The first-order chi connectivity index (χ1) is 12.8. The summed E-state index contributed by atoms with van der Waals surface area (Å²) in [7, 11) is 0. The molecular weight excluding hydrogens is 456 g/mol. The van der Waals surface area contributed by atoms with Gasteiger partial charge in [-0.05, 0) is 63.6 Å². The molecular formula is C18H12BrClN2O4S. The molecule has 1 heterocycles. The van der Waals surface area contributed by atoms with Crippen LogP contribution in [-0.2, 0) is 9.59 Å². The molecule has 0 spiro atoms. The number of nitrogens with one attached hydrogen (secondary N) is 1. The van der Waals surface area contributed by atoms with E-state index in [0.29, 0.717) is 20.7 Å². The van der Waals surface area contributed by atoms with Crippen LogP contribution in [0, 0.1) is 0 Å². The van der Waals surface area contributed by atoms with E-state index in [1.54, 1.807) is 36.4 Å². The van der Waals surface area contributed by atoms with Gasteiger partial charge in [0.15, 0.2) is 0 Å². The molecule has 2 aromatic rings. The first-order valence-electron chi connectivity index (χ1n) is 7.63. The van der Waals surface area contributed by atoms with Gasteiger partial charge < -0.3 is 10.4 Å². The molecule has 1 saturated heterocycles. The molecule has 138 valence electrons. The molecule has 27 heavy (non-hydrogen) atoms. The zero-order chi connectivity index (χ0) is 19.6. The summed E-state index contributed by atoms with van der Waals surface area (Å²) in [4.78, 5) is 37.9. The highest BCUT2D eigenvalue weighted by Crippen LogP contribution is 2.33. The predicted molar refractivity (Wildman–Crippen MR) is 109 cm³/mol. The van der Waals surface area contributed by atoms with E-state index in [0.717, 1.165) is 16.7 Å². The maximum Gasteiger partial charge on any atom is 0.294 e. The summed E-state index contributed by atoms with van der Waals surface area (Å²) < 4.78 is 0.467. The molecule has 2 aromatic carbocycles. The molecule has 3 amide bonds. The van der Waals surface area contributed by atoms with Crippen molar-refractivity contribution >= 4 is 68.1 Å². The summed E-state index contributed by atoms with van der Waals surface area (Å²) in [6.07, 6.45) is 1.53. The van der Waals surface area contributed by atoms with Crippen LogP contribution >= 0.6 is 39.3 Å². The number of aromatic hydroxyl groups is 1. The van der Waals surface area contributed by atoms with Gasteiger partial charge in [-0.25, -0.2) is 0 Å². The molecule has 0 bridgehead atoms. The zero-order valence-electron chi connectivity index (χ0n) is 13.6. The third kappa shape index (κ3) is 4.52. The van der Waals surface area contributed by atoms with Crippen molar-refractivity contribution in [3.63, 3.8) is 0 Å². The summed E-state index contributed by atoms with van der Waals surface area (Å²) in [5.41, 5.74) is 1.03. The maximum atomic E-state index is 12.5. The van der Waals surface area contributed by atoms with Crippen molar-refractivity contribution in [2.24, 2.45) is 0 Å². The standard InChI is InChI=1S/C18H12BrClN2O4S/c19-11-7-10(5-6-14(11)23)8-15-17(25)22(18(26)27-15)9-16(24)21-13-4-2-1-3-12(13)20/h1-8,23H,9H2,(H,21,24)/b15-8+. The summed E-state index contributed by atoms with van der Waals surface area (Å²) in [6.45, 7) is -0.410. The predicted octanol–water partition coefficient (Wildman–Crippen LogP) is 4.48. The van der Waals surface area contributed by atoms with Crippen LogP contribution in [0.1, 0.15) is 5.56 Å². The van der Waals surface area contributed by atoms with Crippen molar-refractivity contribution in [3.05, 3.63) is 62.4 Å². The van der Waals surface area contributed by atoms with E-state index >= 15 is 0 Å². The van der Waals surface area contributed by atoms with Gasteiger partial charge in [-0.1, -0.05) is 29.8 Å². The van der Waals surface area contributed by atoms with E-state index in [1.165, 1.54) is 12.1 Å². The van der Waals surface area contributed by atoms with Crippen LogP contribution < -0.4 is 5.32 Å². The number of thioether (sulfide) groups is 1. The van der Waals surface area contributed by atoms with Gasteiger partial charge in [0, 0.05) is 0 Å². The van der Waals surface area contributed by atoms with Crippen molar-refractivity contribution in [2.75, 3.05) is 11.9 Å². The van der Waals surface area contributed by atoms with Gasteiger partial charge in [0.2, 0.25) is 5.91 Å². The molecule has 0 aromatic heterocycles. The quantitative estimate of drug-likeness (QED) is 0.647. The summed E-state index contributed by atoms with van der Waals surface area (Å²) in [5, 5.41) is 11.9. The Kier molecular flexibility index (Phi) is 5.88. The Hall–Kier alpha value is -2.29. The molecule has 2 N–H and O–H groups in total. The zero-order valence-corrected chi connectivity index (χ0v) is 16.8. The molecule has 0 saturated carbocycles. The Bertz CT molecular complexity index is 980. The number of carbonyl (C=O) groups excluding carboxylic acids is 3. The highest BCUT2D eigenvalue weighted by Gasteiger charge is 2.36. The number of hydrogen-bond acceptors (Lipinski definition) is 5. The van der Waals surface area contributed by atoms with Gasteiger partial charge in [0.25, 0.3) is 11.1 Å². The largest absolute Gasteiger partial charge is 0.507 e. The minimum Gasteiger partial charge on any atom is -0.507 e. The number of nitrogens with zero attached hydrogens (tertiary/aromatic N) is 1. The molecule has 0 atom stereocenters. The normalized spacial score (nSPS) is 15.5. The smallest absolute Gasteiger partial charge is 0.294 e. The first-order valence-corrected chi connectivity index (χ1v) is 9.62. The average Bonchev–Trinajstić information content (AvgIpc) is 2.88. The molecule has 0 aliphatic carbocycles. The molecule has 6 nitrogen and oxygen atoms in total. The van der Waals surface area contributed by atoms with Gasteiger partial charge in [0.05, 0.1) is 20.1 Å². The van der Waals surface area contributed by atoms with Crippen LogP contribution in [0.5, 0.6) is 5.75 Å². The van der Waals surface area contributed by atoms with Crippen LogP contribution in [0.2, 0.25) is 5.02 Å². The van der Waals surface area contributed by atoms with E-state index < -0.39 is 23.6 Å². The van der Waals surface area contributed by atoms with Crippen molar-refractivity contribution in [1.82, 2.24) is 4.90 Å². The second-order valence-corrected chi connectivity index (χ2v) is 7.76. The van der Waals surface area contributed by atoms with Crippen LogP contribution in [-0.4, -0.2) is 33.6 Å². The van der Waals surface area contributed by atoms with Gasteiger partial charge in [-0.15, -0.1) is 0 Å². The SMILES string of the molecule is O=C(CN1C(=O)S/C(=C/c2ccc(O)c(Br)c2)C1=O)Nc1ccccc1Cl. The Labute approximate surface area is 172 Å². The number of phenolic OH excluding ortho intramolecular Hbond substituents is 1. The van der Waals surface area contributed by atoms with Gasteiger partial charge in [-0.2, -0.15) is 0 Å². The Morgan fingerprint density at radius 1 is 1.26 bits per heavy atom. The molecule has 1 aliphatic heterocycles. The molecule has 0 unspecified atom stereocenters. The highest BCUT2D eigenvalue weighted by molar-refractivity contribution is 9.10. The summed E-state index contributed by atoms with van der Waals surface area (Å²) in [5.74, 6) is -1.01. The third-order valence-corrected chi connectivity index (χ3v) is 5.46. The van der Waals surface area contributed by atoms with Crippen molar-refractivity contribution in [3.8, 4) is 5.75 Å². The van der Waals surface area contributed by atoms with Crippen molar-refractivity contribution in [1.29, 1.82) is 0 Å². The minimum atomic E-state index is -0.552. The number of imide groups is 1. The lowest BCUT2D eigenvalue weighted by molar-refractivity contribution is -0.127. The lowest BCUT2D eigenvalue weighted by atomic mass is 10.2. The van der Waals surface area contributed by atoms with E-state index in [1.807, 2.05) is 0 Å². The van der Waals surface area contributed by atoms with Crippen molar-refractivity contribution < 1.29 is 19.5 Å². The first kappa shape index (κ1) is 19.5. The maximum absolute atomic E-state index is 12.5. The fraction of sp³-hybridized carbons (Fsp3) is 0.0556. The number of amides is 3. The average molecular weight is 468 g/mol. The number of rotatable bonds is 4. The fourth-order valence-corrected chi connectivity index (χ4v) is 3.71. The number of halogens is 2. The number of para-hydroxylation sites is 1.